The Labute approximate surface area is 114 Å². The van der Waals surface area contributed by atoms with Crippen LogP contribution in [0.2, 0.25) is 0 Å². The van der Waals surface area contributed by atoms with Crippen LogP contribution in [-0.4, -0.2) is 48.0 Å². The third kappa shape index (κ3) is 2.76. The molecule has 5 nitrogen and oxygen atoms in total. The summed E-state index contributed by atoms with van der Waals surface area (Å²) in [6, 6.07) is 0.445. The van der Waals surface area contributed by atoms with Crippen molar-refractivity contribution < 1.29 is 4.79 Å². The van der Waals surface area contributed by atoms with Gasteiger partial charge in [-0.2, -0.15) is 0 Å². The summed E-state index contributed by atoms with van der Waals surface area (Å²) in [6.45, 7) is 5.47. The molecule has 1 aliphatic carbocycles. The number of carbonyl (C=O) groups excluding carboxylic acids is 1. The molecular weight excluding hydrogens is 240 g/mol. The van der Waals surface area contributed by atoms with Gasteiger partial charge in [-0.15, -0.1) is 0 Å². The van der Waals surface area contributed by atoms with Crippen LogP contribution in [0.4, 0.5) is 0 Å². The van der Waals surface area contributed by atoms with E-state index in [4.69, 9.17) is 0 Å². The number of nitrogens with zero attached hydrogens (tertiary/aromatic N) is 2. The standard InChI is InChI=1S/C14H24N4O/c1-2-8-18-9-3-6-14(7-10-18)12(19)16-13(17-14)15-11-4-5-11/h11H,2-10H2,1H3,(H2,15,16,17,19). The van der Waals surface area contributed by atoms with Gasteiger partial charge in [0.1, 0.15) is 5.54 Å². The van der Waals surface area contributed by atoms with Gasteiger partial charge >= 0.3 is 0 Å². The molecule has 106 valence electrons. The molecule has 3 aliphatic rings. The van der Waals surface area contributed by atoms with Crippen molar-refractivity contribution in [2.75, 3.05) is 19.6 Å². The Kier molecular flexibility index (Phi) is 3.48. The van der Waals surface area contributed by atoms with Gasteiger partial charge in [0, 0.05) is 6.54 Å². The summed E-state index contributed by atoms with van der Waals surface area (Å²) in [6.07, 6.45) is 6.40. The Morgan fingerprint density at radius 1 is 1.37 bits per heavy atom. The highest BCUT2D eigenvalue weighted by molar-refractivity contribution is 6.09. The van der Waals surface area contributed by atoms with Crippen LogP contribution in [0.25, 0.3) is 0 Å². The van der Waals surface area contributed by atoms with Gasteiger partial charge in [-0.25, -0.2) is 4.99 Å². The molecule has 3 rings (SSSR count). The zero-order valence-corrected chi connectivity index (χ0v) is 11.7. The van der Waals surface area contributed by atoms with E-state index in [-0.39, 0.29) is 5.91 Å². The summed E-state index contributed by atoms with van der Waals surface area (Å²) in [5.74, 6) is 0.849. The molecule has 1 atom stereocenters. The Balaban J connectivity index is 1.67. The fourth-order valence-electron chi connectivity index (χ4n) is 3.07. The number of rotatable bonds is 3. The first-order valence-corrected chi connectivity index (χ1v) is 7.62. The lowest BCUT2D eigenvalue weighted by molar-refractivity contribution is -0.124. The van der Waals surface area contributed by atoms with Crippen LogP contribution >= 0.6 is 0 Å². The van der Waals surface area contributed by atoms with Gasteiger partial charge in [0.2, 0.25) is 0 Å². The van der Waals surface area contributed by atoms with Crippen LogP contribution in [0.1, 0.15) is 45.4 Å². The highest BCUT2D eigenvalue weighted by Crippen LogP contribution is 2.28. The molecule has 2 heterocycles. The summed E-state index contributed by atoms with van der Waals surface area (Å²) < 4.78 is 0. The second kappa shape index (κ2) is 5.12. The van der Waals surface area contributed by atoms with Crippen molar-refractivity contribution in [3.63, 3.8) is 0 Å². The van der Waals surface area contributed by atoms with E-state index < -0.39 is 5.54 Å². The molecule has 0 aromatic heterocycles. The van der Waals surface area contributed by atoms with Crippen LogP contribution in [0.15, 0.2) is 4.99 Å². The monoisotopic (exact) mass is 264 g/mol. The Bertz CT molecular complexity index is 391. The van der Waals surface area contributed by atoms with Crippen molar-refractivity contribution in [1.82, 2.24) is 15.5 Å². The van der Waals surface area contributed by atoms with Gasteiger partial charge in [0.25, 0.3) is 5.91 Å². The van der Waals surface area contributed by atoms with Crippen LogP contribution in [0, 0.1) is 0 Å². The second-order valence-electron chi connectivity index (χ2n) is 6.07. The molecule has 2 saturated heterocycles. The van der Waals surface area contributed by atoms with E-state index in [1.165, 1.54) is 19.3 Å². The zero-order valence-electron chi connectivity index (χ0n) is 11.7. The molecule has 3 fully saturated rings. The molecular formula is C14H24N4O. The number of hydrogen-bond donors (Lipinski definition) is 2. The fraction of sp³-hybridized carbons (Fsp3) is 0.857. The van der Waals surface area contributed by atoms with Crippen molar-refractivity contribution >= 4 is 11.9 Å². The Morgan fingerprint density at radius 3 is 2.95 bits per heavy atom. The number of aliphatic imine (C=N–C) groups is 1. The van der Waals surface area contributed by atoms with Gasteiger partial charge in [-0.05, 0) is 51.6 Å². The average Bonchev–Trinajstić information content (AvgIpc) is 3.14. The molecule has 1 amide bonds. The smallest absolute Gasteiger partial charge is 0.252 e. The van der Waals surface area contributed by atoms with E-state index >= 15 is 0 Å². The molecule has 5 heteroatoms. The maximum absolute atomic E-state index is 12.3. The maximum Gasteiger partial charge on any atom is 0.252 e. The van der Waals surface area contributed by atoms with Crippen LogP contribution in [0.3, 0.4) is 0 Å². The minimum Gasteiger partial charge on any atom is -0.342 e. The number of guanidine groups is 1. The van der Waals surface area contributed by atoms with Crippen LogP contribution in [0.5, 0.6) is 0 Å². The maximum atomic E-state index is 12.3. The van der Waals surface area contributed by atoms with Gasteiger partial charge in [-0.1, -0.05) is 6.92 Å². The summed E-state index contributed by atoms with van der Waals surface area (Å²) in [7, 11) is 0. The normalized spacial score (nSPS) is 34.4. The average molecular weight is 264 g/mol. The first-order chi connectivity index (χ1) is 9.22. The van der Waals surface area contributed by atoms with Gasteiger partial charge in [-0.3, -0.25) is 10.1 Å². The SMILES string of the molecule is CCCN1CCCC2(CC1)NC(=NC1CC1)NC2=O. The molecule has 19 heavy (non-hydrogen) atoms. The lowest BCUT2D eigenvalue weighted by Gasteiger charge is -2.25. The summed E-state index contributed by atoms with van der Waals surface area (Å²) in [5, 5.41) is 6.33. The molecule has 1 unspecified atom stereocenters. The van der Waals surface area contributed by atoms with E-state index in [1.807, 2.05) is 0 Å². The van der Waals surface area contributed by atoms with Crippen molar-refractivity contribution in [3.05, 3.63) is 0 Å². The fourth-order valence-corrected chi connectivity index (χ4v) is 3.07. The summed E-state index contributed by atoms with van der Waals surface area (Å²) in [5.41, 5.74) is -0.393. The summed E-state index contributed by atoms with van der Waals surface area (Å²) in [4.78, 5) is 19.3. The van der Waals surface area contributed by atoms with Crippen molar-refractivity contribution in [2.24, 2.45) is 4.99 Å². The lowest BCUT2D eigenvalue weighted by atomic mass is 9.91. The zero-order chi connectivity index (χ0) is 13.3. The predicted molar refractivity (Wildman–Crippen MR) is 75.0 cm³/mol. The number of amides is 1. The topological polar surface area (TPSA) is 56.7 Å². The van der Waals surface area contributed by atoms with Gasteiger partial charge < -0.3 is 10.2 Å². The molecule has 0 radical (unpaired) electrons. The molecule has 0 bridgehead atoms. The molecule has 0 aromatic carbocycles. The number of nitrogens with one attached hydrogen (secondary N) is 2. The van der Waals surface area contributed by atoms with E-state index in [2.05, 4.69) is 27.4 Å². The molecule has 1 spiro atoms. The van der Waals surface area contributed by atoms with Crippen LogP contribution in [-0.2, 0) is 4.79 Å². The molecule has 0 aromatic rings. The molecule has 1 saturated carbocycles. The second-order valence-corrected chi connectivity index (χ2v) is 6.07. The summed E-state index contributed by atoms with van der Waals surface area (Å²) >= 11 is 0. The van der Waals surface area contributed by atoms with Crippen molar-refractivity contribution in [3.8, 4) is 0 Å². The van der Waals surface area contributed by atoms with E-state index in [9.17, 15) is 4.79 Å². The molecule has 2 N–H and O–H groups in total. The van der Waals surface area contributed by atoms with Crippen molar-refractivity contribution in [1.29, 1.82) is 0 Å². The van der Waals surface area contributed by atoms with Crippen LogP contribution < -0.4 is 10.6 Å². The minimum absolute atomic E-state index is 0.130. The largest absolute Gasteiger partial charge is 0.342 e. The van der Waals surface area contributed by atoms with Gasteiger partial charge in [0.15, 0.2) is 5.96 Å². The lowest BCUT2D eigenvalue weighted by Crippen LogP contribution is -2.47. The quantitative estimate of drug-likeness (QED) is 0.795. The number of hydrogen-bond acceptors (Lipinski definition) is 3. The number of carbonyl (C=O) groups is 1. The minimum atomic E-state index is -0.393. The first-order valence-electron chi connectivity index (χ1n) is 7.62. The number of likely N-dealkylation sites (tertiary alicyclic amines) is 1. The highest BCUT2D eigenvalue weighted by atomic mass is 16.2. The van der Waals surface area contributed by atoms with E-state index in [1.54, 1.807) is 0 Å². The Morgan fingerprint density at radius 2 is 2.21 bits per heavy atom. The predicted octanol–water partition coefficient (Wildman–Crippen LogP) is 0.859. The molecule has 2 aliphatic heterocycles. The highest BCUT2D eigenvalue weighted by Gasteiger charge is 2.45. The van der Waals surface area contributed by atoms with E-state index in [0.29, 0.717) is 6.04 Å². The Hall–Kier alpha value is -1.10. The third-order valence-electron chi connectivity index (χ3n) is 4.36. The van der Waals surface area contributed by atoms with Crippen molar-refractivity contribution in [2.45, 2.75) is 57.0 Å². The third-order valence-corrected chi connectivity index (χ3v) is 4.36. The first kappa shape index (κ1) is 12.9. The van der Waals surface area contributed by atoms with E-state index in [0.717, 1.165) is 44.9 Å². The van der Waals surface area contributed by atoms with Gasteiger partial charge in [0.05, 0.1) is 6.04 Å².